The van der Waals surface area contributed by atoms with Crippen molar-refractivity contribution < 1.29 is 33.1 Å². The van der Waals surface area contributed by atoms with Gasteiger partial charge in [-0.15, -0.1) is 11.3 Å². The molecule has 3 aromatic rings. The minimum absolute atomic E-state index is 0.0944. The van der Waals surface area contributed by atoms with Crippen LogP contribution in [-0.2, 0) is 14.2 Å². The van der Waals surface area contributed by atoms with E-state index in [-0.39, 0.29) is 40.1 Å². The molecule has 0 bridgehead atoms. The summed E-state index contributed by atoms with van der Waals surface area (Å²) < 4.78 is 26.2. The van der Waals surface area contributed by atoms with Crippen molar-refractivity contribution in [3.05, 3.63) is 70.6 Å². The number of benzene rings is 2. The summed E-state index contributed by atoms with van der Waals surface area (Å²) >= 11 is 1.13. The van der Waals surface area contributed by atoms with Gasteiger partial charge in [0, 0.05) is 29.7 Å². The first-order chi connectivity index (χ1) is 21.0. The molecule has 6 rings (SSSR count). The minimum Gasteiger partial charge on any atom is -0.340 e. The van der Waals surface area contributed by atoms with Gasteiger partial charge in [-0.2, -0.15) is 5.26 Å². The van der Waals surface area contributed by atoms with E-state index in [1.165, 1.54) is 24.3 Å². The highest BCUT2D eigenvalue weighted by atomic mass is 32.1. The third-order valence-electron chi connectivity index (χ3n) is 9.04. The third kappa shape index (κ3) is 5.77. The molecular formula is C31H32FN4O6PS. The summed E-state index contributed by atoms with van der Waals surface area (Å²) in [6.07, 6.45) is 3.08. The Hall–Kier alpha value is -3.62. The molecule has 0 radical (unpaired) electrons. The summed E-state index contributed by atoms with van der Waals surface area (Å²) in [5, 5.41) is 13.1. The Bertz CT molecular complexity index is 1690. The van der Waals surface area contributed by atoms with E-state index in [2.05, 4.69) is 11.4 Å². The van der Waals surface area contributed by atoms with Gasteiger partial charge >= 0.3 is 7.60 Å². The van der Waals surface area contributed by atoms with Gasteiger partial charge in [0.1, 0.15) is 12.1 Å². The van der Waals surface area contributed by atoms with E-state index in [0.717, 1.165) is 23.3 Å². The molecule has 3 fully saturated rings. The fourth-order valence-corrected chi connectivity index (χ4v) is 8.34. The number of alkyl halides is 1. The summed E-state index contributed by atoms with van der Waals surface area (Å²) in [5.41, 5.74) is 0.829. The lowest BCUT2D eigenvalue weighted by Gasteiger charge is -2.32. The lowest BCUT2D eigenvalue weighted by atomic mass is 9.90. The maximum absolute atomic E-state index is 14.2. The van der Waals surface area contributed by atoms with Crippen LogP contribution in [-0.4, -0.2) is 68.5 Å². The molecule has 4 heterocycles. The van der Waals surface area contributed by atoms with Gasteiger partial charge in [0.05, 0.1) is 16.9 Å². The molecule has 230 valence electrons. The normalized spacial score (nSPS) is 26.2. The second-order valence-electron chi connectivity index (χ2n) is 11.8. The molecule has 3 N–H and O–H groups in total. The zero-order valence-corrected chi connectivity index (χ0v) is 25.4. The highest BCUT2D eigenvalue weighted by molar-refractivity contribution is 7.51. The van der Waals surface area contributed by atoms with Crippen molar-refractivity contribution in [3.8, 4) is 6.07 Å². The van der Waals surface area contributed by atoms with Crippen LogP contribution < -0.4 is 5.32 Å². The van der Waals surface area contributed by atoms with Crippen molar-refractivity contribution >= 4 is 46.7 Å². The smallest absolute Gasteiger partial charge is 0.340 e. The molecule has 0 saturated carbocycles. The van der Waals surface area contributed by atoms with Crippen molar-refractivity contribution in [2.45, 2.75) is 62.1 Å². The van der Waals surface area contributed by atoms with Gasteiger partial charge in [0.15, 0.2) is 0 Å². The van der Waals surface area contributed by atoms with Gasteiger partial charge in [-0.3, -0.25) is 18.9 Å². The molecule has 2 aromatic carbocycles. The van der Waals surface area contributed by atoms with E-state index in [1.807, 2.05) is 30.3 Å². The average Bonchev–Trinajstić information content (AvgIpc) is 3.73. The van der Waals surface area contributed by atoms with E-state index in [0.29, 0.717) is 48.9 Å². The van der Waals surface area contributed by atoms with E-state index in [4.69, 9.17) is 0 Å². The van der Waals surface area contributed by atoms with Crippen LogP contribution in [0.15, 0.2) is 54.6 Å². The molecule has 44 heavy (non-hydrogen) atoms. The summed E-state index contributed by atoms with van der Waals surface area (Å²) in [5.74, 6) is -3.84. The largest absolute Gasteiger partial charge is 0.363 e. The van der Waals surface area contributed by atoms with Crippen molar-refractivity contribution in [1.82, 2.24) is 15.1 Å². The number of rotatable bonds is 6. The van der Waals surface area contributed by atoms with E-state index in [1.54, 1.807) is 9.80 Å². The summed E-state index contributed by atoms with van der Waals surface area (Å²) in [6, 6.07) is 16.1. The van der Waals surface area contributed by atoms with Crippen LogP contribution in [0.25, 0.3) is 10.1 Å². The standard InChI is InChI=1S/C31H32FN4O6PS/c32-28(43(40,41)42)19-9-12-26-20(13-19)14-27(44-26)29(37)34-24-8-4-7-22-10-11-25(36(22)30(24)38)31(39)35-16-21(15-33)23(17-35)18-5-2-1-3-6-18/h1-3,5-6,9,12-14,21-25,28H,4,7-8,10-11,16-17H2,(H,34,37)(H2,40,41,42)/t21-,22+,23+,24+,25+,28?/m1/s1. The number of likely N-dealkylation sites (tertiary alicyclic amines) is 1. The number of carbonyl (C=O) groups excluding carboxylic acids is 3. The number of nitrogens with zero attached hydrogens (tertiary/aromatic N) is 3. The SMILES string of the molecule is N#C[C@@H]1CN(C(=O)[C@@H]2CC[C@@H]3CCC[C@H](NC(=O)c4cc5cc(C(F)P(=O)(O)O)ccc5s4)C(=O)N32)C[C@H]1c1ccccc1. The zero-order valence-electron chi connectivity index (χ0n) is 23.7. The maximum atomic E-state index is 14.2. The predicted octanol–water partition coefficient (Wildman–Crippen LogP) is 4.45. The number of nitriles is 1. The Morgan fingerprint density at radius 1 is 1.07 bits per heavy atom. The lowest BCUT2D eigenvalue weighted by Crippen LogP contribution is -2.54. The number of halogens is 1. The second-order valence-corrected chi connectivity index (χ2v) is 14.5. The van der Waals surface area contributed by atoms with Gasteiger partial charge in [0.2, 0.25) is 17.7 Å². The topological polar surface area (TPSA) is 151 Å². The summed E-state index contributed by atoms with van der Waals surface area (Å²) in [4.78, 5) is 63.1. The first-order valence-electron chi connectivity index (χ1n) is 14.6. The molecule has 1 aromatic heterocycles. The second kappa shape index (κ2) is 12.1. The Morgan fingerprint density at radius 3 is 2.57 bits per heavy atom. The maximum Gasteiger partial charge on any atom is 0.363 e. The number of carbonyl (C=O) groups is 3. The Morgan fingerprint density at radius 2 is 1.84 bits per heavy atom. The van der Waals surface area contributed by atoms with E-state index >= 15 is 0 Å². The molecule has 13 heteroatoms. The number of fused-ring (bicyclic) bond motifs is 2. The van der Waals surface area contributed by atoms with Crippen molar-refractivity contribution in [2.24, 2.45) is 5.92 Å². The Balaban J connectivity index is 1.17. The predicted molar refractivity (Wildman–Crippen MR) is 161 cm³/mol. The van der Waals surface area contributed by atoms with Crippen molar-refractivity contribution in [1.29, 1.82) is 5.26 Å². The van der Waals surface area contributed by atoms with Crippen LogP contribution in [0.4, 0.5) is 4.39 Å². The Kier molecular flexibility index (Phi) is 8.33. The molecule has 3 aliphatic rings. The van der Waals surface area contributed by atoms with E-state index in [9.17, 15) is 38.4 Å². The number of hydrogen-bond donors (Lipinski definition) is 3. The molecule has 10 nitrogen and oxygen atoms in total. The molecule has 0 aliphatic carbocycles. The highest BCUT2D eigenvalue weighted by Crippen LogP contribution is 2.53. The van der Waals surface area contributed by atoms with Crippen LogP contribution in [0.3, 0.4) is 0 Å². The van der Waals surface area contributed by atoms with Gasteiger partial charge in [-0.1, -0.05) is 36.4 Å². The summed E-state index contributed by atoms with van der Waals surface area (Å²) in [6.45, 7) is 0.721. The van der Waals surface area contributed by atoms with Crippen molar-refractivity contribution in [3.63, 3.8) is 0 Å². The average molecular weight is 639 g/mol. The van der Waals surface area contributed by atoms with Crippen LogP contribution in [0.5, 0.6) is 0 Å². The lowest BCUT2D eigenvalue weighted by molar-refractivity contribution is -0.145. The number of thiophene rings is 1. The zero-order chi connectivity index (χ0) is 31.2. The van der Waals surface area contributed by atoms with Gasteiger partial charge < -0.3 is 24.9 Å². The first-order valence-corrected chi connectivity index (χ1v) is 17.1. The van der Waals surface area contributed by atoms with Crippen LogP contribution >= 0.6 is 18.9 Å². The molecule has 1 unspecified atom stereocenters. The fraction of sp³-hybridized carbons (Fsp3) is 0.419. The van der Waals surface area contributed by atoms with Gasteiger partial charge in [-0.05, 0) is 66.8 Å². The monoisotopic (exact) mass is 638 g/mol. The minimum atomic E-state index is -4.98. The molecular weight excluding hydrogens is 606 g/mol. The van der Waals surface area contributed by atoms with Gasteiger partial charge in [-0.25, -0.2) is 4.39 Å². The fourth-order valence-electron chi connectivity index (χ4n) is 6.85. The molecule has 3 saturated heterocycles. The van der Waals surface area contributed by atoms with Crippen molar-refractivity contribution in [2.75, 3.05) is 13.1 Å². The number of nitrogens with one attached hydrogen (secondary N) is 1. The summed E-state index contributed by atoms with van der Waals surface area (Å²) in [7, 11) is -4.98. The molecule has 0 spiro atoms. The first kappa shape index (κ1) is 30.4. The molecule has 6 atom stereocenters. The quantitative estimate of drug-likeness (QED) is 0.338. The Labute approximate surface area is 257 Å². The van der Waals surface area contributed by atoms with Crippen LogP contribution in [0.1, 0.15) is 64.7 Å². The van der Waals surface area contributed by atoms with Gasteiger partial charge in [0.25, 0.3) is 5.91 Å². The van der Waals surface area contributed by atoms with Crippen LogP contribution in [0.2, 0.25) is 0 Å². The van der Waals surface area contributed by atoms with E-state index < -0.39 is 31.5 Å². The number of hydrogen-bond acceptors (Lipinski definition) is 6. The molecule has 3 aliphatic heterocycles. The number of amides is 3. The van der Waals surface area contributed by atoms with Crippen LogP contribution in [0, 0.1) is 17.2 Å². The third-order valence-corrected chi connectivity index (χ3v) is 11.0. The highest BCUT2D eigenvalue weighted by Gasteiger charge is 2.48. The molecule has 3 amide bonds.